The van der Waals surface area contributed by atoms with E-state index >= 15 is 0 Å². The van der Waals surface area contributed by atoms with Gasteiger partial charge >= 0.3 is 6.18 Å². The minimum Gasteiger partial charge on any atom is -0.372 e. The summed E-state index contributed by atoms with van der Waals surface area (Å²) in [5.74, 6) is 0.294. The molecule has 0 saturated carbocycles. The standard InChI is InChI=1S/C18H27F3N2/c1-14(18(19,20)21)6-7-17(16-8-10-22-11-9-16)15(2)23-12-4-3-5-13-23/h6-7,16,22H,2-5,8-13H2,1H3/b14-6+,17-7+. The number of likely N-dealkylation sites (tertiary alicyclic amines) is 1. The van der Waals surface area contributed by atoms with Crippen LogP contribution in [0.3, 0.4) is 0 Å². The topological polar surface area (TPSA) is 15.3 Å². The molecule has 2 heterocycles. The van der Waals surface area contributed by atoms with Gasteiger partial charge in [0.15, 0.2) is 0 Å². The summed E-state index contributed by atoms with van der Waals surface area (Å²) in [6.07, 6.45) is 4.02. The van der Waals surface area contributed by atoms with Crippen LogP contribution in [0.4, 0.5) is 13.2 Å². The molecular formula is C18H27F3N2. The number of hydrogen-bond acceptors (Lipinski definition) is 2. The Kier molecular flexibility index (Phi) is 6.33. The van der Waals surface area contributed by atoms with E-state index in [0.29, 0.717) is 5.92 Å². The Bertz CT molecular complexity index is 465. The first-order chi connectivity index (χ1) is 10.9. The first kappa shape index (κ1) is 18.1. The number of rotatable bonds is 4. The van der Waals surface area contributed by atoms with Crippen molar-refractivity contribution in [1.82, 2.24) is 10.2 Å². The second-order valence-electron chi connectivity index (χ2n) is 6.49. The molecule has 0 bridgehead atoms. The molecule has 2 aliphatic heterocycles. The first-order valence-corrected chi connectivity index (χ1v) is 8.50. The maximum atomic E-state index is 12.8. The van der Waals surface area contributed by atoms with Gasteiger partial charge in [-0.3, -0.25) is 0 Å². The number of alkyl halides is 3. The van der Waals surface area contributed by atoms with Crippen LogP contribution in [0.1, 0.15) is 39.0 Å². The molecule has 0 spiro atoms. The number of allylic oxidation sites excluding steroid dienone is 4. The Labute approximate surface area is 137 Å². The molecule has 2 saturated heterocycles. The van der Waals surface area contributed by atoms with Gasteiger partial charge in [-0.15, -0.1) is 0 Å². The van der Waals surface area contributed by atoms with Crippen molar-refractivity contribution in [2.24, 2.45) is 5.92 Å². The Morgan fingerprint density at radius 3 is 2.26 bits per heavy atom. The fraction of sp³-hybridized carbons (Fsp3) is 0.667. The second kappa shape index (κ2) is 8.04. The molecule has 2 fully saturated rings. The van der Waals surface area contributed by atoms with Gasteiger partial charge in [-0.25, -0.2) is 0 Å². The molecule has 0 aromatic heterocycles. The molecule has 0 amide bonds. The molecule has 0 radical (unpaired) electrons. The number of hydrogen-bond donors (Lipinski definition) is 1. The number of halogens is 3. The van der Waals surface area contributed by atoms with Crippen LogP contribution < -0.4 is 5.32 Å². The molecule has 1 N–H and O–H groups in total. The predicted octanol–water partition coefficient (Wildman–Crippen LogP) is 4.42. The number of nitrogens with one attached hydrogen (secondary N) is 1. The first-order valence-electron chi connectivity index (χ1n) is 8.50. The van der Waals surface area contributed by atoms with Crippen molar-refractivity contribution in [2.75, 3.05) is 26.2 Å². The van der Waals surface area contributed by atoms with Crippen molar-refractivity contribution in [1.29, 1.82) is 0 Å². The van der Waals surface area contributed by atoms with E-state index in [9.17, 15) is 13.2 Å². The van der Waals surface area contributed by atoms with Crippen LogP contribution in [0.15, 0.2) is 35.6 Å². The summed E-state index contributed by atoms with van der Waals surface area (Å²) in [6, 6.07) is 0. The fourth-order valence-corrected chi connectivity index (χ4v) is 3.26. The quantitative estimate of drug-likeness (QED) is 0.769. The summed E-state index contributed by atoms with van der Waals surface area (Å²) in [5.41, 5.74) is 1.34. The SMILES string of the molecule is C=C(/C(=C\C=C(/C)C(F)(F)F)C1CCNCC1)N1CCCCC1. The third-order valence-corrected chi connectivity index (χ3v) is 4.81. The average molecular weight is 328 g/mol. The normalized spacial score (nSPS) is 22.3. The van der Waals surface area contributed by atoms with E-state index in [1.165, 1.54) is 12.5 Å². The summed E-state index contributed by atoms with van der Waals surface area (Å²) < 4.78 is 38.3. The van der Waals surface area contributed by atoms with Crippen LogP contribution in [0.25, 0.3) is 0 Å². The van der Waals surface area contributed by atoms with Crippen LogP contribution in [-0.4, -0.2) is 37.3 Å². The van der Waals surface area contributed by atoms with Crippen molar-refractivity contribution in [3.8, 4) is 0 Å². The van der Waals surface area contributed by atoms with Gasteiger partial charge < -0.3 is 10.2 Å². The smallest absolute Gasteiger partial charge is 0.372 e. The molecule has 0 aliphatic carbocycles. The van der Waals surface area contributed by atoms with Gasteiger partial charge in [0.2, 0.25) is 0 Å². The van der Waals surface area contributed by atoms with Crippen LogP contribution in [0.2, 0.25) is 0 Å². The van der Waals surface area contributed by atoms with E-state index in [0.717, 1.165) is 70.1 Å². The molecule has 23 heavy (non-hydrogen) atoms. The maximum absolute atomic E-state index is 12.8. The molecule has 2 aliphatic rings. The molecule has 0 atom stereocenters. The minimum atomic E-state index is -4.26. The van der Waals surface area contributed by atoms with Crippen molar-refractivity contribution in [2.45, 2.75) is 45.2 Å². The monoisotopic (exact) mass is 328 g/mol. The van der Waals surface area contributed by atoms with E-state index in [4.69, 9.17) is 0 Å². The molecule has 5 heteroatoms. The van der Waals surface area contributed by atoms with E-state index in [1.54, 1.807) is 6.08 Å². The van der Waals surface area contributed by atoms with E-state index < -0.39 is 11.7 Å². The van der Waals surface area contributed by atoms with Gasteiger partial charge in [0.1, 0.15) is 0 Å². The van der Waals surface area contributed by atoms with Crippen LogP contribution in [0, 0.1) is 5.92 Å². The maximum Gasteiger partial charge on any atom is 0.412 e. The molecule has 0 aromatic rings. The lowest BCUT2D eigenvalue weighted by atomic mass is 9.87. The number of piperidine rings is 2. The molecule has 0 aromatic carbocycles. The zero-order valence-electron chi connectivity index (χ0n) is 13.9. The molecule has 2 rings (SSSR count). The highest BCUT2D eigenvalue weighted by Crippen LogP contribution is 2.31. The van der Waals surface area contributed by atoms with Crippen molar-refractivity contribution in [3.05, 3.63) is 35.6 Å². The Hall–Kier alpha value is -1.23. The lowest BCUT2D eigenvalue weighted by Crippen LogP contribution is -2.34. The van der Waals surface area contributed by atoms with Gasteiger partial charge in [0.05, 0.1) is 0 Å². The van der Waals surface area contributed by atoms with Gasteiger partial charge in [-0.05, 0) is 63.6 Å². The minimum absolute atomic E-state index is 0.294. The Morgan fingerprint density at radius 2 is 1.70 bits per heavy atom. The van der Waals surface area contributed by atoms with Crippen molar-refractivity contribution < 1.29 is 13.2 Å². The van der Waals surface area contributed by atoms with E-state index in [1.807, 2.05) is 0 Å². The summed E-state index contributed by atoms with van der Waals surface area (Å²) in [5, 5.41) is 3.31. The lowest BCUT2D eigenvalue weighted by Gasteiger charge is -2.35. The zero-order valence-corrected chi connectivity index (χ0v) is 13.9. The highest BCUT2D eigenvalue weighted by atomic mass is 19.4. The largest absolute Gasteiger partial charge is 0.412 e. The van der Waals surface area contributed by atoms with Crippen LogP contribution in [0.5, 0.6) is 0 Å². The average Bonchev–Trinajstić information content (AvgIpc) is 2.55. The predicted molar refractivity (Wildman–Crippen MR) is 88.1 cm³/mol. The van der Waals surface area contributed by atoms with E-state index in [2.05, 4.69) is 16.8 Å². The van der Waals surface area contributed by atoms with Crippen molar-refractivity contribution in [3.63, 3.8) is 0 Å². The summed E-state index contributed by atoms with van der Waals surface area (Å²) >= 11 is 0. The Morgan fingerprint density at radius 1 is 1.09 bits per heavy atom. The molecule has 0 unspecified atom stereocenters. The van der Waals surface area contributed by atoms with Gasteiger partial charge in [-0.2, -0.15) is 13.2 Å². The zero-order chi connectivity index (χ0) is 16.9. The summed E-state index contributed by atoms with van der Waals surface area (Å²) in [6.45, 7) is 9.10. The van der Waals surface area contributed by atoms with Crippen molar-refractivity contribution >= 4 is 0 Å². The van der Waals surface area contributed by atoms with Crippen LogP contribution >= 0.6 is 0 Å². The van der Waals surface area contributed by atoms with E-state index in [-0.39, 0.29) is 0 Å². The number of nitrogens with zero attached hydrogens (tertiary/aromatic N) is 1. The highest BCUT2D eigenvalue weighted by Gasteiger charge is 2.30. The molecular weight excluding hydrogens is 301 g/mol. The highest BCUT2D eigenvalue weighted by molar-refractivity contribution is 5.35. The summed E-state index contributed by atoms with van der Waals surface area (Å²) in [4.78, 5) is 2.24. The molecule has 130 valence electrons. The third kappa shape index (κ3) is 5.13. The van der Waals surface area contributed by atoms with Gasteiger partial charge in [-0.1, -0.05) is 18.7 Å². The summed E-state index contributed by atoms with van der Waals surface area (Å²) in [7, 11) is 0. The second-order valence-corrected chi connectivity index (χ2v) is 6.49. The lowest BCUT2D eigenvalue weighted by molar-refractivity contribution is -0.0913. The molecule has 2 nitrogen and oxygen atoms in total. The van der Waals surface area contributed by atoms with Gasteiger partial charge in [0.25, 0.3) is 0 Å². The Balaban J connectivity index is 2.21. The van der Waals surface area contributed by atoms with Gasteiger partial charge in [0, 0.05) is 24.4 Å². The fourth-order valence-electron chi connectivity index (χ4n) is 3.26. The third-order valence-electron chi connectivity index (χ3n) is 4.81. The van der Waals surface area contributed by atoms with Crippen LogP contribution in [-0.2, 0) is 0 Å².